The molecule has 26 unspecified atom stereocenters. The molecule has 26 atom stereocenters. The number of hydrogen-bond acceptors (Lipinski definition) is 45. The molecule has 0 aromatic rings. The van der Waals surface area contributed by atoms with E-state index in [0.717, 1.165) is 21.6 Å². The minimum atomic E-state index is -2.79. The minimum absolute atomic E-state index is 0.651. The second-order valence-corrected chi connectivity index (χ2v) is 29.8. The number of nitrogens with zero attached hydrogens (tertiary/aromatic N) is 3. The van der Waals surface area contributed by atoms with Crippen LogP contribution in [0.3, 0.4) is 0 Å². The van der Waals surface area contributed by atoms with Crippen molar-refractivity contribution in [1.82, 2.24) is 57.2 Å². The first kappa shape index (κ1) is 113. The zero-order valence-corrected chi connectivity index (χ0v) is 65.9. The fourth-order valence-electron chi connectivity index (χ4n) is 12.1. The van der Waals surface area contributed by atoms with Gasteiger partial charge >= 0.3 is 23.9 Å². The maximum atomic E-state index is 14.2. The van der Waals surface area contributed by atoms with Gasteiger partial charge in [-0.2, -0.15) is 0 Å². The summed E-state index contributed by atoms with van der Waals surface area (Å²) in [7, 11) is 0. The topological polar surface area (TPSA) is 999 Å². The van der Waals surface area contributed by atoms with Crippen molar-refractivity contribution in [1.29, 1.82) is 0 Å². The molecule has 1 saturated heterocycles. The summed E-state index contributed by atoms with van der Waals surface area (Å²) >= 11 is 0. The van der Waals surface area contributed by atoms with E-state index in [2.05, 4.69) is 10.6 Å². The Morgan fingerprint density at radius 3 is 0.642 bits per heavy atom. The molecule has 1 fully saturated rings. The molecule has 42 N–H and O–H groups in total. The number of carboxylic acid groups (broad SMARTS) is 4. The molecule has 0 aromatic heterocycles. The minimum Gasteiger partial charge on any atom is -0.480 e. The van der Waals surface area contributed by atoms with Crippen molar-refractivity contribution in [2.75, 3.05) is 131 Å². The van der Waals surface area contributed by atoms with E-state index >= 15 is 0 Å². The van der Waals surface area contributed by atoms with Gasteiger partial charge in [-0.25, -0.2) is 0 Å². The second-order valence-electron chi connectivity index (χ2n) is 29.8. The first-order valence-corrected chi connectivity index (χ1v) is 37.4. The van der Waals surface area contributed by atoms with Gasteiger partial charge in [0.05, 0.1) is 52.7 Å². The average molecular weight is 1800 g/mol. The monoisotopic (exact) mass is 1800 g/mol. The zero-order valence-electron chi connectivity index (χ0n) is 65.9. The highest BCUT2D eigenvalue weighted by Crippen LogP contribution is 2.28. The number of carbonyl (C=O) groups is 12. The van der Waals surface area contributed by atoms with Gasteiger partial charge in [-0.15, -0.1) is 0 Å². The van der Waals surface area contributed by atoms with Crippen molar-refractivity contribution < 1.29 is 231 Å². The molecule has 57 nitrogen and oxygen atoms in total. The van der Waals surface area contributed by atoms with Gasteiger partial charge in [-0.1, -0.05) is 0 Å². The van der Waals surface area contributed by atoms with Crippen molar-refractivity contribution >= 4 is 71.1 Å². The van der Waals surface area contributed by atoms with Gasteiger partial charge in [-0.3, -0.25) is 72.2 Å². The molecule has 8 amide bonds. The van der Waals surface area contributed by atoms with Gasteiger partial charge < -0.3 is 216 Å². The quantitative estimate of drug-likeness (QED) is 0.0269. The van der Waals surface area contributed by atoms with E-state index < -0.39 is 403 Å². The van der Waals surface area contributed by atoms with Crippen LogP contribution in [0.4, 0.5) is 0 Å². The predicted molar refractivity (Wildman–Crippen MR) is 395 cm³/mol. The summed E-state index contributed by atoms with van der Waals surface area (Å²) in [4.78, 5) is 164. The second kappa shape index (κ2) is 53.7. The van der Waals surface area contributed by atoms with Crippen LogP contribution in [-0.2, 0) is 57.5 Å². The summed E-state index contributed by atoms with van der Waals surface area (Å²) in [5.74, 6) is -20.0. The molecule has 123 heavy (non-hydrogen) atoms. The van der Waals surface area contributed by atoms with Gasteiger partial charge in [0.25, 0.3) is 35.4 Å². The lowest BCUT2D eigenvalue weighted by molar-refractivity contribution is -0.151. The molecule has 1 aliphatic heterocycles. The fourth-order valence-corrected chi connectivity index (χ4v) is 12.1. The van der Waals surface area contributed by atoms with E-state index in [0.29, 0.717) is 0 Å². The van der Waals surface area contributed by atoms with E-state index in [1.807, 2.05) is 31.9 Å². The third-order valence-electron chi connectivity index (χ3n) is 20.2. The van der Waals surface area contributed by atoms with E-state index in [-0.39, 0.29) is 0 Å². The Hall–Kier alpha value is -7.68. The Labute approximate surface area is 696 Å². The van der Waals surface area contributed by atoms with Gasteiger partial charge in [0.1, 0.15) is 122 Å². The van der Waals surface area contributed by atoms with Crippen LogP contribution < -0.4 is 42.5 Å². The molecule has 57 heteroatoms. The summed E-state index contributed by atoms with van der Waals surface area (Å²) in [6.07, 6.45) is -64.6. The molecule has 0 aromatic carbocycles. The van der Waals surface area contributed by atoms with E-state index in [4.69, 9.17) is 0 Å². The molecule has 0 radical (unpaired) electrons. The average Bonchev–Trinajstić information content (AvgIpc) is 1.70. The number of amides is 8. The van der Waals surface area contributed by atoms with Crippen LogP contribution in [0, 0.1) is 10.8 Å². The first-order chi connectivity index (χ1) is 57.1. The predicted octanol–water partition coefficient (Wildman–Crippen LogP) is -26.2. The summed E-state index contributed by atoms with van der Waals surface area (Å²) in [6, 6.07) is -4.01. The molecule has 0 bridgehead atoms. The molecule has 714 valence electrons. The van der Waals surface area contributed by atoms with E-state index in [1.165, 1.54) is 0 Å². The Morgan fingerprint density at radius 2 is 0.480 bits per heavy atom. The molecule has 0 spiro atoms. The molecular weight excluding hydrogens is 1680 g/mol. The largest absolute Gasteiger partial charge is 0.480 e. The fraction of sp³-hybridized carbons (Fsp3) is 0.818. The highest BCUT2D eigenvalue weighted by molar-refractivity contribution is 5.85. The third-order valence-corrected chi connectivity index (χ3v) is 20.2. The maximum Gasteiger partial charge on any atom is 0.320 e. The smallest absolute Gasteiger partial charge is 0.320 e. The summed E-state index contributed by atoms with van der Waals surface area (Å²) in [5, 5.41) is 363. The van der Waals surface area contributed by atoms with Crippen LogP contribution in [0.5, 0.6) is 0 Å². The summed E-state index contributed by atoms with van der Waals surface area (Å²) in [5.41, 5.74) is -6.89. The number of nitrogens with one attached hydrogen (secondary N) is 8. The highest BCUT2D eigenvalue weighted by Gasteiger charge is 2.48. The van der Waals surface area contributed by atoms with Crippen LogP contribution in [0.2, 0.25) is 0 Å². The molecule has 0 aliphatic carbocycles. The summed E-state index contributed by atoms with van der Waals surface area (Å²) in [6.45, 7) is -21.1. The van der Waals surface area contributed by atoms with E-state index in [1.54, 1.807) is 0 Å². The Bertz CT molecular complexity index is 2910. The van der Waals surface area contributed by atoms with Gasteiger partial charge in [0.2, 0.25) is 11.8 Å². The standard InChI is InChI=1S/C66H119N11O46/c1-64(77(8-36(92)93)9-37(94)95)24-75(26(62(120)121)2-4-34(90)67-16-65(18-69-56(114)50(108)44(102)38(96)28(84)10-78,19-70-57(115)51(109)45(103)39(97)29(85)11-79)20-71-58(116)52(110)46(104)40(98)30(86)12-80)6-7-76(25-64)27(63(122)123)3-5-35(91)68-17-66(21-72-59(117)53(111)47(105)41(99)31(87)13-81,22-73-60(118)54(112)48(106)42(100)32(88)14-82)23-74-61(119)55(113)49(107)43(101)33(89)15-83/h26-33,38-55,78-89,96-113H,2-25H2,1H3,(H,67,90)(H,68,91)(H,69,114)(H,70,115)(H,71,116)(H,72,117)(H,73,118)(H,74,119)(H,92,93)(H,94,95)(H,120,121)(H,122,123). The molecule has 1 rings (SSSR count). The number of carboxylic acids is 4. The van der Waals surface area contributed by atoms with Gasteiger partial charge in [0, 0.05) is 108 Å². The van der Waals surface area contributed by atoms with Crippen LogP contribution in [-0.4, -0.2) is 555 Å². The van der Waals surface area contributed by atoms with Crippen LogP contribution in [0.25, 0.3) is 0 Å². The number of aliphatic hydroxyl groups excluding tert-OH is 30. The van der Waals surface area contributed by atoms with Crippen LogP contribution in [0.1, 0.15) is 32.6 Å². The molecule has 0 saturated carbocycles. The molecular formula is C66H119N11O46. The van der Waals surface area contributed by atoms with Crippen LogP contribution >= 0.6 is 0 Å². The normalized spacial score (nSPS) is 21.7. The van der Waals surface area contributed by atoms with Gasteiger partial charge in [-0.05, 0) is 19.8 Å². The lowest BCUT2D eigenvalue weighted by Gasteiger charge is -2.44. The summed E-state index contributed by atoms with van der Waals surface area (Å²) < 4.78 is 0. The zero-order chi connectivity index (χ0) is 94.8. The molecule has 1 aliphatic rings. The SMILES string of the molecule is CC1(N(CC(=O)O)CC(=O)O)CN(C(CCC(=O)NCC(CNC(=O)C(O)C(O)C(O)C(O)CO)(CNC(=O)C(O)C(O)C(O)C(O)CO)CNC(=O)C(O)C(O)C(O)C(O)CO)C(=O)O)CCN(C(CCC(=O)NCC(CNC(=O)C(O)C(O)C(O)C(O)CO)(CNC(=O)C(O)C(O)C(O)C(O)CO)CNC(=O)C(O)C(O)C(O)C(O)CO)C(=O)O)C1. The van der Waals surface area contributed by atoms with Crippen molar-refractivity contribution in [3.63, 3.8) is 0 Å². The molecule has 1 heterocycles. The lowest BCUT2D eigenvalue weighted by Crippen LogP contribution is -2.62. The number of carbonyl (C=O) groups excluding carboxylic acids is 8. The number of rotatable bonds is 61. The number of aliphatic hydroxyl groups is 30. The van der Waals surface area contributed by atoms with Crippen molar-refractivity contribution in [2.45, 2.75) is 197 Å². The van der Waals surface area contributed by atoms with Crippen molar-refractivity contribution in [2.24, 2.45) is 10.8 Å². The Kier molecular flexibility index (Phi) is 49.5. The first-order valence-electron chi connectivity index (χ1n) is 37.4. The van der Waals surface area contributed by atoms with E-state index in [9.17, 15) is 231 Å². The Morgan fingerprint density at radius 1 is 0.301 bits per heavy atom. The van der Waals surface area contributed by atoms with Crippen LogP contribution in [0.15, 0.2) is 0 Å². The maximum absolute atomic E-state index is 14.2. The third kappa shape index (κ3) is 34.9. The van der Waals surface area contributed by atoms with Crippen molar-refractivity contribution in [3.8, 4) is 0 Å². The van der Waals surface area contributed by atoms with Gasteiger partial charge in [0.15, 0.2) is 36.6 Å². The lowest BCUT2D eigenvalue weighted by atomic mass is 9.86. The Balaban J connectivity index is 4.22. The number of aliphatic carboxylic acids is 4. The highest BCUT2D eigenvalue weighted by atomic mass is 16.5. The van der Waals surface area contributed by atoms with Crippen molar-refractivity contribution in [3.05, 3.63) is 0 Å². The number of hydrogen-bond donors (Lipinski definition) is 42.